The van der Waals surface area contributed by atoms with Crippen molar-refractivity contribution in [2.24, 2.45) is 11.8 Å². The topological polar surface area (TPSA) is 23.6 Å². The molecule has 3 rings (SSSR count). The summed E-state index contributed by atoms with van der Waals surface area (Å²) in [5.74, 6) is 0.942. The number of benzene rings is 1. The van der Waals surface area contributed by atoms with Crippen molar-refractivity contribution in [3.8, 4) is 0 Å². The molecule has 1 saturated heterocycles. The van der Waals surface area contributed by atoms with Crippen molar-refractivity contribution in [2.75, 3.05) is 6.54 Å². The Bertz CT molecular complexity index is 537. The first-order valence-electron chi connectivity index (χ1n) is 7.87. The number of hydrogen-bond donors (Lipinski definition) is 0. The highest BCUT2D eigenvalue weighted by Gasteiger charge is 2.48. The Hall–Kier alpha value is -1.77. The lowest BCUT2D eigenvalue weighted by Gasteiger charge is -2.27. The van der Waals surface area contributed by atoms with Crippen LogP contribution in [0, 0.1) is 11.8 Å². The third-order valence-electron chi connectivity index (χ3n) is 4.47. The van der Waals surface area contributed by atoms with E-state index in [-0.39, 0.29) is 12.1 Å². The largest absolute Gasteiger partial charge is 0.321 e. The molecular formula is C18H24N2O. The Morgan fingerprint density at radius 1 is 1.10 bits per heavy atom. The normalized spacial score (nSPS) is 27.8. The van der Waals surface area contributed by atoms with Gasteiger partial charge in [-0.15, -0.1) is 0 Å². The number of carbonyl (C=O) groups excluding carboxylic acids is 1. The third-order valence-corrected chi connectivity index (χ3v) is 4.47. The molecule has 1 aromatic rings. The molecule has 3 heteroatoms. The highest BCUT2D eigenvalue weighted by Crippen LogP contribution is 2.36. The Morgan fingerprint density at radius 2 is 1.81 bits per heavy atom. The fourth-order valence-electron chi connectivity index (χ4n) is 3.55. The lowest BCUT2D eigenvalue weighted by molar-refractivity contribution is 0.174. The van der Waals surface area contributed by atoms with Crippen LogP contribution in [0.1, 0.15) is 26.3 Å². The second kappa shape index (κ2) is 5.55. The van der Waals surface area contributed by atoms with Gasteiger partial charge in [0.1, 0.15) is 0 Å². The third kappa shape index (κ3) is 2.57. The molecule has 1 aromatic carbocycles. The van der Waals surface area contributed by atoms with E-state index >= 15 is 0 Å². The lowest BCUT2D eigenvalue weighted by Crippen LogP contribution is -2.40. The van der Waals surface area contributed by atoms with Gasteiger partial charge in [0.05, 0.1) is 12.1 Å². The molecule has 1 aliphatic heterocycles. The van der Waals surface area contributed by atoms with Crippen LogP contribution in [0.25, 0.3) is 0 Å². The average Bonchev–Trinajstić information content (AvgIpc) is 2.94. The van der Waals surface area contributed by atoms with Crippen molar-refractivity contribution < 1.29 is 4.79 Å². The van der Waals surface area contributed by atoms with Crippen LogP contribution in [0.2, 0.25) is 0 Å². The Kier molecular flexibility index (Phi) is 3.75. The fraction of sp³-hybridized carbons (Fsp3) is 0.500. The van der Waals surface area contributed by atoms with E-state index in [9.17, 15) is 4.79 Å². The molecule has 0 N–H and O–H groups in total. The van der Waals surface area contributed by atoms with Gasteiger partial charge in [-0.25, -0.2) is 4.79 Å². The Labute approximate surface area is 127 Å². The van der Waals surface area contributed by atoms with E-state index in [1.54, 1.807) is 0 Å². The van der Waals surface area contributed by atoms with Crippen LogP contribution < -0.4 is 0 Å². The highest BCUT2D eigenvalue weighted by molar-refractivity contribution is 5.79. The molecule has 3 atom stereocenters. The molecule has 0 bridgehead atoms. The summed E-state index contributed by atoms with van der Waals surface area (Å²) in [6.07, 6.45) is 4.48. The van der Waals surface area contributed by atoms with Crippen LogP contribution >= 0.6 is 0 Å². The predicted octanol–water partition coefficient (Wildman–Crippen LogP) is 3.52. The van der Waals surface area contributed by atoms with Gasteiger partial charge in [-0.1, -0.05) is 63.3 Å². The van der Waals surface area contributed by atoms with Gasteiger partial charge in [0.15, 0.2) is 0 Å². The summed E-state index contributed by atoms with van der Waals surface area (Å²) >= 11 is 0. The van der Waals surface area contributed by atoms with Crippen molar-refractivity contribution in [2.45, 2.75) is 39.4 Å². The summed E-state index contributed by atoms with van der Waals surface area (Å²) in [5, 5.41) is 0. The van der Waals surface area contributed by atoms with Gasteiger partial charge in [0, 0.05) is 13.1 Å². The first-order chi connectivity index (χ1) is 10.1. The van der Waals surface area contributed by atoms with Crippen molar-refractivity contribution >= 4 is 6.03 Å². The Balaban J connectivity index is 1.84. The van der Waals surface area contributed by atoms with Gasteiger partial charge in [-0.2, -0.15) is 0 Å². The first kappa shape index (κ1) is 14.2. The number of nitrogens with zero attached hydrogens (tertiary/aromatic N) is 2. The van der Waals surface area contributed by atoms with Gasteiger partial charge < -0.3 is 9.80 Å². The van der Waals surface area contributed by atoms with Crippen LogP contribution in [-0.4, -0.2) is 34.5 Å². The summed E-state index contributed by atoms with van der Waals surface area (Å²) in [5.41, 5.74) is 1.20. The predicted molar refractivity (Wildman–Crippen MR) is 84.8 cm³/mol. The summed E-state index contributed by atoms with van der Waals surface area (Å²) < 4.78 is 0. The zero-order valence-corrected chi connectivity index (χ0v) is 13.1. The number of rotatable bonds is 4. The zero-order valence-electron chi connectivity index (χ0n) is 13.1. The minimum Gasteiger partial charge on any atom is -0.318 e. The average molecular weight is 284 g/mol. The summed E-state index contributed by atoms with van der Waals surface area (Å²) in [4.78, 5) is 16.9. The minimum absolute atomic E-state index is 0.193. The van der Waals surface area contributed by atoms with E-state index < -0.39 is 0 Å². The smallest absolute Gasteiger partial charge is 0.318 e. The van der Waals surface area contributed by atoms with Crippen molar-refractivity contribution in [1.29, 1.82) is 0 Å². The highest BCUT2D eigenvalue weighted by atomic mass is 16.2. The second-order valence-electron chi connectivity index (χ2n) is 6.67. The molecule has 0 aromatic heterocycles. The minimum atomic E-state index is 0.193. The van der Waals surface area contributed by atoms with Crippen molar-refractivity contribution in [1.82, 2.24) is 9.80 Å². The molecule has 0 saturated carbocycles. The number of urea groups is 1. The standard InChI is InChI=1S/C18H24N2O/c1-13(2)11-20-17-14(3)9-10-16(17)19(18(20)21)12-15-7-5-4-6-8-15/h4-10,13-14,16-17H,11-12H2,1-3H3/t14-,16-,17?/m0/s1. The van der Waals surface area contributed by atoms with Crippen LogP contribution in [0.3, 0.4) is 0 Å². The molecule has 3 nitrogen and oxygen atoms in total. The molecule has 21 heavy (non-hydrogen) atoms. The fourth-order valence-corrected chi connectivity index (χ4v) is 3.55. The van der Waals surface area contributed by atoms with Crippen LogP contribution in [0.4, 0.5) is 4.79 Å². The quantitative estimate of drug-likeness (QED) is 0.776. The maximum absolute atomic E-state index is 12.8. The zero-order chi connectivity index (χ0) is 15.0. The van der Waals surface area contributed by atoms with E-state index in [0.717, 1.165) is 6.54 Å². The van der Waals surface area contributed by atoms with E-state index in [0.29, 0.717) is 24.4 Å². The maximum atomic E-state index is 12.8. The van der Waals surface area contributed by atoms with Gasteiger partial charge >= 0.3 is 6.03 Å². The number of carbonyl (C=O) groups is 1. The van der Waals surface area contributed by atoms with Gasteiger partial charge in [0.25, 0.3) is 0 Å². The van der Waals surface area contributed by atoms with Crippen molar-refractivity contribution in [3.63, 3.8) is 0 Å². The number of hydrogen-bond acceptors (Lipinski definition) is 1. The molecular weight excluding hydrogens is 260 g/mol. The molecule has 0 spiro atoms. The van der Waals surface area contributed by atoms with Gasteiger partial charge in [-0.3, -0.25) is 0 Å². The van der Waals surface area contributed by atoms with Crippen LogP contribution in [0.15, 0.2) is 42.5 Å². The second-order valence-corrected chi connectivity index (χ2v) is 6.67. The van der Waals surface area contributed by atoms with Crippen molar-refractivity contribution in [3.05, 3.63) is 48.0 Å². The monoisotopic (exact) mass is 284 g/mol. The molecule has 2 aliphatic rings. The van der Waals surface area contributed by atoms with E-state index in [1.165, 1.54) is 5.56 Å². The maximum Gasteiger partial charge on any atom is 0.321 e. The Morgan fingerprint density at radius 3 is 2.48 bits per heavy atom. The molecule has 2 amide bonds. The van der Waals surface area contributed by atoms with Crippen LogP contribution in [-0.2, 0) is 6.54 Å². The SMILES string of the molecule is CC(C)CN1C(=O)N(Cc2ccccc2)[C@H]2C=C[C@H](C)C21. The molecule has 0 radical (unpaired) electrons. The van der Waals surface area contributed by atoms with E-state index in [2.05, 4.69) is 50.0 Å². The van der Waals surface area contributed by atoms with E-state index in [1.807, 2.05) is 23.1 Å². The van der Waals surface area contributed by atoms with Gasteiger partial charge in [0.2, 0.25) is 0 Å². The molecule has 1 aliphatic carbocycles. The molecule has 1 unspecified atom stereocenters. The number of amides is 2. The summed E-state index contributed by atoms with van der Waals surface area (Å²) in [6, 6.07) is 11.0. The van der Waals surface area contributed by atoms with Crippen LogP contribution in [0.5, 0.6) is 0 Å². The first-order valence-corrected chi connectivity index (χ1v) is 7.87. The molecule has 112 valence electrons. The summed E-state index contributed by atoms with van der Waals surface area (Å²) in [7, 11) is 0. The molecule has 1 heterocycles. The number of fused-ring (bicyclic) bond motifs is 1. The lowest BCUT2D eigenvalue weighted by atomic mass is 10.0. The molecule has 1 fully saturated rings. The van der Waals surface area contributed by atoms with Gasteiger partial charge in [-0.05, 0) is 17.4 Å². The summed E-state index contributed by atoms with van der Waals surface area (Å²) in [6.45, 7) is 8.11. The van der Waals surface area contributed by atoms with E-state index in [4.69, 9.17) is 0 Å².